The fraction of sp³-hybridized carbons (Fsp3) is 0.625. The molecule has 0 aliphatic carbocycles. The number of alkyl halides is 3. The van der Waals surface area contributed by atoms with Gasteiger partial charge in [-0.2, -0.15) is 13.2 Å². The summed E-state index contributed by atoms with van der Waals surface area (Å²) in [6.45, 7) is -1.80. The first kappa shape index (κ1) is 20.7. The average Bonchev–Trinajstić information content (AvgIpc) is 3.39. The molecule has 1 amide bonds. The second-order valence-electron chi connectivity index (χ2n) is 7.27. The van der Waals surface area contributed by atoms with E-state index in [0.29, 0.717) is 19.4 Å². The van der Waals surface area contributed by atoms with Crippen LogP contribution in [0.4, 0.5) is 19.0 Å². The molecule has 2 aromatic rings. The molecule has 2 aromatic heterocycles. The Morgan fingerprint density at radius 1 is 1.37 bits per heavy atom. The molecule has 11 nitrogen and oxygen atoms in total. The van der Waals surface area contributed by atoms with E-state index in [0.717, 1.165) is 17.2 Å². The number of nitrogens with two attached hydrogens (primary N) is 1. The number of nitrogens with zero attached hydrogens (tertiary/aromatic N) is 5. The Morgan fingerprint density at radius 3 is 2.73 bits per heavy atom. The van der Waals surface area contributed by atoms with E-state index in [1.807, 2.05) is 0 Å². The molecule has 0 spiro atoms. The number of rotatable bonds is 4. The third-order valence-corrected chi connectivity index (χ3v) is 5.76. The molecular formula is C16H19F3N6O5. The van der Waals surface area contributed by atoms with Gasteiger partial charge in [-0.3, -0.25) is 9.36 Å². The van der Waals surface area contributed by atoms with Crippen LogP contribution in [-0.2, 0) is 15.3 Å². The number of primary amides is 1. The smallest absolute Gasteiger partial charge is 0.391 e. The Bertz CT molecular complexity index is 986. The summed E-state index contributed by atoms with van der Waals surface area (Å²) < 4.78 is 47.3. The maximum Gasteiger partial charge on any atom is 0.424 e. The highest BCUT2D eigenvalue weighted by Crippen LogP contribution is 2.50. The van der Waals surface area contributed by atoms with E-state index in [1.54, 1.807) is 4.90 Å². The largest absolute Gasteiger partial charge is 0.424 e. The third-order valence-electron chi connectivity index (χ3n) is 5.76. The lowest BCUT2D eigenvalue weighted by atomic mass is 9.86. The first-order valence-electron chi connectivity index (χ1n) is 9.05. The van der Waals surface area contributed by atoms with Crippen LogP contribution in [0.3, 0.4) is 0 Å². The zero-order valence-electron chi connectivity index (χ0n) is 15.5. The lowest BCUT2D eigenvalue weighted by Crippen LogP contribution is -2.67. The number of hydrogen-bond donors (Lipinski definition) is 4. The summed E-state index contributed by atoms with van der Waals surface area (Å²) in [5.41, 5.74) is -1.42. The lowest BCUT2D eigenvalue weighted by molar-refractivity contribution is -0.340. The number of aromatic nitrogens is 4. The van der Waals surface area contributed by atoms with Gasteiger partial charge >= 0.3 is 6.18 Å². The van der Waals surface area contributed by atoms with Crippen molar-refractivity contribution in [3.8, 4) is 0 Å². The number of fused-ring (bicyclic) bond motifs is 1. The van der Waals surface area contributed by atoms with E-state index in [-0.39, 0.29) is 17.0 Å². The maximum atomic E-state index is 13.8. The number of imidazole rings is 1. The van der Waals surface area contributed by atoms with Gasteiger partial charge in [-0.05, 0) is 12.8 Å². The van der Waals surface area contributed by atoms with Gasteiger partial charge in [0.1, 0.15) is 18.5 Å². The Kier molecular flexibility index (Phi) is 4.65. The van der Waals surface area contributed by atoms with Crippen LogP contribution in [0.15, 0.2) is 12.7 Å². The van der Waals surface area contributed by atoms with Crippen LogP contribution >= 0.6 is 0 Å². The summed E-state index contributed by atoms with van der Waals surface area (Å²) in [5.74, 6) is -0.415. The molecule has 4 atom stereocenters. The SMILES string of the molecule is NC(=O)C1CCCN1c1ncnc2c1ncn2[C@@]1(CO)OC[C@H](O)[C@@]1(O)C(F)(F)F. The molecule has 4 heterocycles. The summed E-state index contributed by atoms with van der Waals surface area (Å²) in [7, 11) is 0. The van der Waals surface area contributed by atoms with Gasteiger partial charge in [0.25, 0.3) is 0 Å². The molecule has 2 aliphatic heterocycles. The molecular weight excluding hydrogens is 413 g/mol. The molecule has 1 unspecified atom stereocenters. The van der Waals surface area contributed by atoms with E-state index >= 15 is 0 Å². The zero-order valence-corrected chi connectivity index (χ0v) is 15.5. The summed E-state index contributed by atoms with van der Waals surface area (Å²) in [6.07, 6.45) is -4.64. The Morgan fingerprint density at radius 2 is 2.10 bits per heavy atom. The van der Waals surface area contributed by atoms with Gasteiger partial charge in [0, 0.05) is 6.54 Å². The first-order chi connectivity index (χ1) is 14.1. The minimum absolute atomic E-state index is 0.0213. The molecule has 0 bridgehead atoms. The van der Waals surface area contributed by atoms with E-state index in [1.165, 1.54) is 0 Å². The van der Waals surface area contributed by atoms with Crippen molar-refractivity contribution in [2.75, 3.05) is 24.7 Å². The number of ether oxygens (including phenoxy) is 1. The predicted octanol–water partition coefficient (Wildman–Crippen LogP) is -1.39. The van der Waals surface area contributed by atoms with Crippen molar-refractivity contribution in [3.05, 3.63) is 12.7 Å². The second kappa shape index (κ2) is 6.73. The van der Waals surface area contributed by atoms with Crippen LogP contribution in [0, 0.1) is 0 Å². The van der Waals surface area contributed by atoms with Crippen molar-refractivity contribution in [1.29, 1.82) is 0 Å². The van der Waals surface area contributed by atoms with Gasteiger partial charge in [-0.1, -0.05) is 0 Å². The zero-order chi connectivity index (χ0) is 21.9. The van der Waals surface area contributed by atoms with Crippen LogP contribution in [0.5, 0.6) is 0 Å². The Labute approximate surface area is 166 Å². The highest BCUT2D eigenvalue weighted by molar-refractivity contribution is 5.89. The molecule has 4 rings (SSSR count). The third kappa shape index (κ3) is 2.54. The summed E-state index contributed by atoms with van der Waals surface area (Å²) in [6, 6.07) is -0.670. The number of amides is 1. The Balaban J connectivity index is 1.90. The minimum atomic E-state index is -5.36. The number of hydrogen-bond acceptors (Lipinski definition) is 9. The molecule has 0 radical (unpaired) electrons. The molecule has 0 aromatic carbocycles. The highest BCUT2D eigenvalue weighted by Gasteiger charge is 2.76. The van der Waals surface area contributed by atoms with Crippen molar-refractivity contribution in [2.24, 2.45) is 5.73 Å². The molecule has 164 valence electrons. The molecule has 30 heavy (non-hydrogen) atoms. The van der Waals surface area contributed by atoms with Gasteiger partial charge in [0.2, 0.25) is 17.2 Å². The van der Waals surface area contributed by atoms with Crippen LogP contribution < -0.4 is 10.6 Å². The number of carbonyl (C=O) groups excluding carboxylic acids is 1. The van der Waals surface area contributed by atoms with Crippen LogP contribution in [0.2, 0.25) is 0 Å². The highest BCUT2D eigenvalue weighted by atomic mass is 19.4. The second-order valence-corrected chi connectivity index (χ2v) is 7.27. The fourth-order valence-electron chi connectivity index (χ4n) is 4.23. The van der Waals surface area contributed by atoms with Gasteiger partial charge in [-0.15, -0.1) is 0 Å². The minimum Gasteiger partial charge on any atom is -0.391 e. The average molecular weight is 432 g/mol. The van der Waals surface area contributed by atoms with Crippen molar-refractivity contribution in [2.45, 2.75) is 42.5 Å². The van der Waals surface area contributed by atoms with Gasteiger partial charge < -0.3 is 30.7 Å². The van der Waals surface area contributed by atoms with E-state index < -0.39 is 48.8 Å². The topological polar surface area (TPSA) is 160 Å². The van der Waals surface area contributed by atoms with Crippen LogP contribution in [0.1, 0.15) is 12.8 Å². The van der Waals surface area contributed by atoms with Crippen LogP contribution in [0.25, 0.3) is 11.2 Å². The number of aliphatic hydroxyl groups is 3. The van der Waals surface area contributed by atoms with E-state index in [4.69, 9.17) is 10.5 Å². The van der Waals surface area contributed by atoms with Crippen molar-refractivity contribution in [3.63, 3.8) is 0 Å². The summed E-state index contributed by atoms with van der Waals surface area (Å²) in [4.78, 5) is 25.4. The molecule has 5 N–H and O–H groups in total. The van der Waals surface area contributed by atoms with Crippen molar-refractivity contribution < 1.29 is 38.0 Å². The number of aliphatic hydroxyl groups excluding tert-OH is 2. The van der Waals surface area contributed by atoms with E-state index in [9.17, 15) is 33.3 Å². The van der Waals surface area contributed by atoms with Gasteiger partial charge in [-0.25, -0.2) is 15.0 Å². The summed E-state index contributed by atoms with van der Waals surface area (Å²) >= 11 is 0. The first-order valence-corrected chi connectivity index (χ1v) is 9.05. The number of halogens is 3. The van der Waals surface area contributed by atoms with Crippen molar-refractivity contribution in [1.82, 2.24) is 19.5 Å². The van der Waals surface area contributed by atoms with Gasteiger partial charge in [0.15, 0.2) is 17.0 Å². The normalized spacial score (nSPS) is 32.3. The lowest BCUT2D eigenvalue weighted by Gasteiger charge is -2.42. The Hall–Kier alpha value is -2.55. The molecule has 14 heteroatoms. The quantitative estimate of drug-likeness (QED) is 0.456. The molecule has 0 saturated carbocycles. The summed E-state index contributed by atoms with van der Waals surface area (Å²) in [5, 5.41) is 30.3. The molecule has 2 aliphatic rings. The molecule has 2 fully saturated rings. The monoisotopic (exact) mass is 432 g/mol. The fourth-order valence-corrected chi connectivity index (χ4v) is 4.23. The van der Waals surface area contributed by atoms with Gasteiger partial charge in [0.05, 0.1) is 19.5 Å². The maximum absolute atomic E-state index is 13.8. The van der Waals surface area contributed by atoms with E-state index in [2.05, 4.69) is 15.0 Å². The predicted molar refractivity (Wildman–Crippen MR) is 92.9 cm³/mol. The standard InChI is InChI=1S/C16H19F3N6O5/c17-16(18,19)15(29)9(27)4-30-14(15,5-26)25-7-23-10-12(21-6-22-13(10)25)24-3-1-2-8(24)11(20)28/h6-9,26-27,29H,1-5H2,(H2,20,28)/t8?,9-,14-,15-/m0/s1. The number of carbonyl (C=O) groups is 1. The molecule has 2 saturated heterocycles. The van der Waals surface area contributed by atoms with Crippen LogP contribution in [-0.4, -0.2) is 84.4 Å². The van der Waals surface area contributed by atoms with Crippen molar-refractivity contribution >= 4 is 22.9 Å². The number of anilines is 1.